The van der Waals surface area contributed by atoms with Gasteiger partial charge >= 0.3 is 0 Å². The molecule has 0 saturated carbocycles. The van der Waals surface area contributed by atoms with E-state index in [2.05, 4.69) is 16.8 Å². The number of fused-ring (bicyclic) bond motifs is 1. The number of aromatic nitrogens is 1. The number of pyridine rings is 1. The van der Waals surface area contributed by atoms with Crippen molar-refractivity contribution >= 4 is 22.3 Å². The molecular weight excluding hydrogens is 238 g/mol. The SMILES string of the molecule is CCCCN(CCO)c1ccnc2cc(N)ccc12. The molecule has 0 aliphatic carbocycles. The fourth-order valence-corrected chi connectivity index (χ4v) is 2.25. The van der Waals surface area contributed by atoms with Crippen LogP contribution >= 0.6 is 0 Å². The third-order valence-electron chi connectivity index (χ3n) is 3.24. The average molecular weight is 259 g/mol. The van der Waals surface area contributed by atoms with Gasteiger partial charge in [0.25, 0.3) is 0 Å². The fraction of sp³-hybridized carbons (Fsp3) is 0.400. The van der Waals surface area contributed by atoms with Crippen LogP contribution in [0.25, 0.3) is 10.9 Å². The van der Waals surface area contributed by atoms with Crippen molar-refractivity contribution in [3.63, 3.8) is 0 Å². The maximum absolute atomic E-state index is 9.24. The number of nitrogen functional groups attached to an aromatic ring is 1. The second-order valence-electron chi connectivity index (χ2n) is 4.67. The number of anilines is 2. The van der Waals surface area contributed by atoms with Crippen molar-refractivity contribution in [3.8, 4) is 0 Å². The van der Waals surface area contributed by atoms with Crippen molar-refractivity contribution in [3.05, 3.63) is 30.5 Å². The molecule has 0 aliphatic heterocycles. The highest BCUT2D eigenvalue weighted by Gasteiger charge is 2.10. The molecule has 3 N–H and O–H groups in total. The largest absolute Gasteiger partial charge is 0.399 e. The summed E-state index contributed by atoms with van der Waals surface area (Å²) < 4.78 is 0. The number of aliphatic hydroxyl groups is 1. The Labute approximate surface area is 113 Å². The lowest BCUT2D eigenvalue weighted by Crippen LogP contribution is -2.27. The normalized spacial score (nSPS) is 10.8. The molecule has 0 radical (unpaired) electrons. The molecule has 2 aromatic rings. The quantitative estimate of drug-likeness (QED) is 0.782. The van der Waals surface area contributed by atoms with E-state index in [4.69, 9.17) is 5.73 Å². The molecule has 0 amide bonds. The van der Waals surface area contributed by atoms with E-state index in [0.717, 1.165) is 41.7 Å². The van der Waals surface area contributed by atoms with Gasteiger partial charge in [0, 0.05) is 36.0 Å². The monoisotopic (exact) mass is 259 g/mol. The first-order chi connectivity index (χ1) is 9.26. The second-order valence-corrected chi connectivity index (χ2v) is 4.67. The third-order valence-corrected chi connectivity index (χ3v) is 3.24. The Morgan fingerprint density at radius 1 is 1.26 bits per heavy atom. The zero-order valence-electron chi connectivity index (χ0n) is 11.3. The number of hydrogen-bond donors (Lipinski definition) is 2. The zero-order valence-corrected chi connectivity index (χ0v) is 11.3. The maximum Gasteiger partial charge on any atom is 0.0743 e. The van der Waals surface area contributed by atoms with Gasteiger partial charge in [-0.1, -0.05) is 13.3 Å². The summed E-state index contributed by atoms with van der Waals surface area (Å²) in [6.07, 6.45) is 4.05. The highest BCUT2D eigenvalue weighted by Crippen LogP contribution is 2.26. The summed E-state index contributed by atoms with van der Waals surface area (Å²) in [7, 11) is 0. The number of rotatable bonds is 6. The van der Waals surface area contributed by atoms with Crippen molar-refractivity contribution in [2.75, 3.05) is 30.3 Å². The summed E-state index contributed by atoms with van der Waals surface area (Å²) in [6.45, 7) is 3.91. The van der Waals surface area contributed by atoms with Crippen molar-refractivity contribution in [1.29, 1.82) is 0 Å². The molecule has 0 fully saturated rings. The molecule has 2 rings (SSSR count). The van der Waals surface area contributed by atoms with Gasteiger partial charge in [0.2, 0.25) is 0 Å². The molecule has 19 heavy (non-hydrogen) atoms. The van der Waals surface area contributed by atoms with Gasteiger partial charge in [-0.3, -0.25) is 4.98 Å². The van der Waals surface area contributed by atoms with E-state index in [1.165, 1.54) is 0 Å². The Hall–Kier alpha value is -1.81. The number of nitrogens with zero attached hydrogens (tertiary/aromatic N) is 2. The second kappa shape index (κ2) is 6.38. The van der Waals surface area contributed by atoms with Gasteiger partial charge < -0.3 is 15.7 Å². The summed E-state index contributed by atoms with van der Waals surface area (Å²) in [5.74, 6) is 0. The molecule has 102 valence electrons. The van der Waals surface area contributed by atoms with E-state index >= 15 is 0 Å². The zero-order chi connectivity index (χ0) is 13.7. The minimum Gasteiger partial charge on any atom is -0.399 e. The van der Waals surface area contributed by atoms with Crippen molar-refractivity contribution in [1.82, 2.24) is 4.98 Å². The Kier molecular flexibility index (Phi) is 4.58. The van der Waals surface area contributed by atoms with Gasteiger partial charge in [0.15, 0.2) is 0 Å². The molecule has 0 saturated heterocycles. The summed E-state index contributed by atoms with van der Waals surface area (Å²) in [6, 6.07) is 7.79. The van der Waals surface area contributed by atoms with Crippen LogP contribution in [0.1, 0.15) is 19.8 Å². The number of hydrogen-bond acceptors (Lipinski definition) is 4. The molecular formula is C15H21N3O. The van der Waals surface area contributed by atoms with Gasteiger partial charge in [-0.15, -0.1) is 0 Å². The first kappa shape index (κ1) is 13.6. The van der Waals surface area contributed by atoms with Crippen LogP contribution in [0.4, 0.5) is 11.4 Å². The van der Waals surface area contributed by atoms with Gasteiger partial charge in [-0.2, -0.15) is 0 Å². The van der Waals surface area contributed by atoms with Crippen LogP contribution in [0.2, 0.25) is 0 Å². The number of nitrogens with two attached hydrogens (primary N) is 1. The lowest BCUT2D eigenvalue weighted by molar-refractivity contribution is 0.301. The predicted octanol–water partition coefficient (Wildman–Crippen LogP) is 2.42. The first-order valence-corrected chi connectivity index (χ1v) is 6.76. The van der Waals surface area contributed by atoms with Gasteiger partial charge in [0.05, 0.1) is 12.1 Å². The molecule has 0 spiro atoms. The molecule has 0 atom stereocenters. The number of unbranched alkanes of at least 4 members (excludes halogenated alkanes) is 1. The van der Waals surface area contributed by atoms with Gasteiger partial charge in [-0.05, 0) is 30.7 Å². The van der Waals surface area contributed by atoms with Crippen LogP contribution in [0.5, 0.6) is 0 Å². The summed E-state index contributed by atoms with van der Waals surface area (Å²) in [5.41, 5.74) is 8.54. The van der Waals surface area contributed by atoms with E-state index in [1.54, 1.807) is 6.20 Å². The smallest absolute Gasteiger partial charge is 0.0743 e. The summed E-state index contributed by atoms with van der Waals surface area (Å²) >= 11 is 0. The molecule has 0 unspecified atom stereocenters. The van der Waals surface area contributed by atoms with E-state index in [1.807, 2.05) is 24.3 Å². The molecule has 1 aromatic heterocycles. The number of benzene rings is 1. The molecule has 1 heterocycles. The minimum absolute atomic E-state index is 0.155. The standard InChI is InChI=1S/C15H21N3O/c1-2-3-8-18(9-10-19)15-6-7-17-14-11-12(16)4-5-13(14)15/h4-7,11,19H,2-3,8-10,16H2,1H3. The topological polar surface area (TPSA) is 62.4 Å². The van der Waals surface area contributed by atoms with Crippen LogP contribution in [-0.4, -0.2) is 29.8 Å². The summed E-state index contributed by atoms with van der Waals surface area (Å²) in [4.78, 5) is 6.57. The minimum atomic E-state index is 0.155. The highest BCUT2D eigenvalue weighted by atomic mass is 16.3. The van der Waals surface area contributed by atoms with Crippen LogP contribution in [-0.2, 0) is 0 Å². The van der Waals surface area contributed by atoms with Crippen LogP contribution in [0, 0.1) is 0 Å². The molecule has 4 nitrogen and oxygen atoms in total. The third kappa shape index (κ3) is 3.15. The maximum atomic E-state index is 9.24. The first-order valence-electron chi connectivity index (χ1n) is 6.76. The van der Waals surface area contributed by atoms with Crippen LogP contribution in [0.3, 0.4) is 0 Å². The highest BCUT2D eigenvalue weighted by molar-refractivity contribution is 5.93. The Morgan fingerprint density at radius 2 is 2.11 bits per heavy atom. The summed E-state index contributed by atoms with van der Waals surface area (Å²) in [5, 5.41) is 10.3. The average Bonchev–Trinajstić information content (AvgIpc) is 2.42. The Morgan fingerprint density at radius 3 is 2.84 bits per heavy atom. The van der Waals surface area contributed by atoms with Gasteiger partial charge in [0.1, 0.15) is 0 Å². The fourth-order valence-electron chi connectivity index (χ4n) is 2.25. The Balaban J connectivity index is 2.40. The lowest BCUT2D eigenvalue weighted by atomic mass is 10.1. The Bertz CT molecular complexity index is 542. The van der Waals surface area contributed by atoms with Crippen molar-refractivity contribution in [2.45, 2.75) is 19.8 Å². The lowest BCUT2D eigenvalue weighted by Gasteiger charge is -2.25. The molecule has 0 bridgehead atoms. The van der Waals surface area contributed by atoms with Gasteiger partial charge in [-0.25, -0.2) is 0 Å². The van der Waals surface area contributed by atoms with E-state index in [0.29, 0.717) is 6.54 Å². The molecule has 1 aromatic carbocycles. The molecule has 0 aliphatic rings. The van der Waals surface area contributed by atoms with Crippen molar-refractivity contribution in [2.24, 2.45) is 0 Å². The van der Waals surface area contributed by atoms with E-state index in [9.17, 15) is 5.11 Å². The van der Waals surface area contributed by atoms with E-state index < -0.39 is 0 Å². The predicted molar refractivity (Wildman–Crippen MR) is 80.4 cm³/mol. The van der Waals surface area contributed by atoms with Crippen LogP contribution < -0.4 is 10.6 Å². The van der Waals surface area contributed by atoms with E-state index in [-0.39, 0.29) is 6.61 Å². The van der Waals surface area contributed by atoms with Crippen molar-refractivity contribution < 1.29 is 5.11 Å². The van der Waals surface area contributed by atoms with Crippen LogP contribution in [0.15, 0.2) is 30.5 Å². The molecule has 4 heteroatoms. The number of aliphatic hydroxyl groups excluding tert-OH is 1.